The normalized spacial score (nSPS) is 38.1. The van der Waals surface area contributed by atoms with Crippen LogP contribution >= 0.6 is 11.8 Å². The van der Waals surface area contributed by atoms with E-state index in [1.165, 1.54) is 37.9 Å². The summed E-state index contributed by atoms with van der Waals surface area (Å²) in [6.45, 7) is 2.22. The number of hydrogen-bond acceptors (Lipinski definition) is 2. The van der Waals surface area contributed by atoms with Crippen LogP contribution in [0.1, 0.15) is 51.9 Å². The molecular weight excluding hydrogens is 192 g/mol. The Kier molecular flexibility index (Phi) is 3.20. The third kappa shape index (κ3) is 1.86. The van der Waals surface area contributed by atoms with Crippen LogP contribution in [0, 0.1) is 5.41 Å². The molecule has 0 unspecified atom stereocenters. The van der Waals surface area contributed by atoms with E-state index in [1.54, 1.807) is 0 Å². The monoisotopic (exact) mass is 212 g/mol. The van der Waals surface area contributed by atoms with Gasteiger partial charge in [0, 0.05) is 17.1 Å². The van der Waals surface area contributed by atoms with E-state index < -0.39 is 0 Å². The van der Waals surface area contributed by atoms with E-state index in [4.69, 9.17) is 0 Å². The standard InChI is InChI=1S/C12H20OS/c1-2-14-10-6-8-12(9-10)7-4-3-5-11(12)13/h10H,2-9H2,1H3/t10-,12-/m0/s1. The molecule has 1 nitrogen and oxygen atoms in total. The predicted molar refractivity (Wildman–Crippen MR) is 61.7 cm³/mol. The Labute approximate surface area is 91.0 Å². The lowest BCUT2D eigenvalue weighted by atomic mass is 9.72. The molecule has 0 bridgehead atoms. The second kappa shape index (κ2) is 4.26. The number of rotatable bonds is 2. The largest absolute Gasteiger partial charge is 0.299 e. The zero-order chi connectivity index (χ0) is 10.0. The summed E-state index contributed by atoms with van der Waals surface area (Å²) in [6, 6.07) is 0. The minimum atomic E-state index is 0.144. The highest BCUT2D eigenvalue weighted by atomic mass is 32.2. The first-order valence-corrected chi connectivity index (χ1v) is 6.97. The third-order valence-electron chi connectivity index (χ3n) is 3.87. The summed E-state index contributed by atoms with van der Waals surface area (Å²) in [5.74, 6) is 1.79. The minimum Gasteiger partial charge on any atom is -0.299 e. The zero-order valence-corrected chi connectivity index (χ0v) is 9.87. The Hall–Kier alpha value is 0.0200. The van der Waals surface area contributed by atoms with Crippen molar-refractivity contribution in [2.45, 2.75) is 57.1 Å². The highest BCUT2D eigenvalue weighted by Gasteiger charge is 2.45. The van der Waals surface area contributed by atoms with Gasteiger partial charge in [-0.25, -0.2) is 0 Å². The Bertz CT molecular complexity index is 226. The number of carbonyl (C=O) groups excluding carboxylic acids is 1. The van der Waals surface area contributed by atoms with Crippen LogP contribution in [0.5, 0.6) is 0 Å². The third-order valence-corrected chi connectivity index (χ3v) is 5.07. The summed E-state index contributed by atoms with van der Waals surface area (Å²) in [5.41, 5.74) is 0.144. The topological polar surface area (TPSA) is 17.1 Å². The summed E-state index contributed by atoms with van der Waals surface area (Å²) in [6.07, 6.45) is 8.13. The molecule has 14 heavy (non-hydrogen) atoms. The fraction of sp³-hybridized carbons (Fsp3) is 0.917. The van der Waals surface area contributed by atoms with Crippen molar-refractivity contribution in [1.29, 1.82) is 0 Å². The molecule has 2 aliphatic carbocycles. The zero-order valence-electron chi connectivity index (χ0n) is 9.05. The molecule has 0 aliphatic heterocycles. The van der Waals surface area contributed by atoms with E-state index in [0.29, 0.717) is 5.78 Å². The summed E-state index contributed by atoms with van der Waals surface area (Å²) in [7, 11) is 0. The average molecular weight is 212 g/mol. The quantitative estimate of drug-likeness (QED) is 0.697. The van der Waals surface area contributed by atoms with E-state index in [2.05, 4.69) is 18.7 Å². The number of ketones is 1. The van der Waals surface area contributed by atoms with Crippen molar-refractivity contribution < 1.29 is 4.79 Å². The minimum absolute atomic E-state index is 0.144. The lowest BCUT2D eigenvalue weighted by Crippen LogP contribution is -2.31. The van der Waals surface area contributed by atoms with E-state index in [1.807, 2.05) is 0 Å². The second-order valence-corrected chi connectivity index (χ2v) is 6.31. The fourth-order valence-corrected chi connectivity index (χ4v) is 4.28. The van der Waals surface area contributed by atoms with Gasteiger partial charge in [-0.15, -0.1) is 0 Å². The van der Waals surface area contributed by atoms with Gasteiger partial charge in [-0.1, -0.05) is 13.3 Å². The summed E-state index contributed by atoms with van der Waals surface area (Å²) < 4.78 is 0. The van der Waals surface area contributed by atoms with Gasteiger partial charge in [0.25, 0.3) is 0 Å². The van der Waals surface area contributed by atoms with Crippen molar-refractivity contribution in [3.8, 4) is 0 Å². The van der Waals surface area contributed by atoms with Crippen molar-refractivity contribution in [3.63, 3.8) is 0 Å². The number of carbonyl (C=O) groups is 1. The lowest BCUT2D eigenvalue weighted by Gasteiger charge is -2.31. The van der Waals surface area contributed by atoms with E-state index in [-0.39, 0.29) is 5.41 Å². The van der Waals surface area contributed by atoms with Crippen molar-refractivity contribution >= 4 is 17.5 Å². The molecule has 2 aliphatic rings. The highest BCUT2D eigenvalue weighted by Crippen LogP contribution is 2.49. The van der Waals surface area contributed by atoms with Gasteiger partial charge in [-0.3, -0.25) is 4.79 Å². The molecular formula is C12H20OS. The van der Waals surface area contributed by atoms with Gasteiger partial charge < -0.3 is 0 Å². The van der Waals surface area contributed by atoms with Crippen LogP contribution in [0.25, 0.3) is 0 Å². The first kappa shape index (κ1) is 10.5. The summed E-state index contributed by atoms with van der Waals surface area (Å²) in [5, 5.41) is 0.780. The van der Waals surface area contributed by atoms with Crippen LogP contribution in [0.3, 0.4) is 0 Å². The molecule has 2 fully saturated rings. The molecule has 0 aromatic rings. The van der Waals surface area contributed by atoms with Gasteiger partial charge in [0.2, 0.25) is 0 Å². The van der Waals surface area contributed by atoms with Crippen molar-refractivity contribution in [1.82, 2.24) is 0 Å². The Balaban J connectivity index is 1.99. The van der Waals surface area contributed by atoms with Gasteiger partial charge in [0.1, 0.15) is 5.78 Å². The molecule has 0 heterocycles. The van der Waals surface area contributed by atoms with Gasteiger partial charge in [-0.05, 0) is 37.9 Å². The van der Waals surface area contributed by atoms with Crippen molar-refractivity contribution in [3.05, 3.63) is 0 Å². The lowest BCUT2D eigenvalue weighted by molar-refractivity contribution is -0.130. The van der Waals surface area contributed by atoms with Crippen molar-refractivity contribution in [2.75, 3.05) is 5.75 Å². The van der Waals surface area contributed by atoms with Crippen LogP contribution in [-0.2, 0) is 4.79 Å². The fourth-order valence-electron chi connectivity index (χ4n) is 3.09. The van der Waals surface area contributed by atoms with E-state index in [9.17, 15) is 4.79 Å². The van der Waals surface area contributed by atoms with Gasteiger partial charge in [0.15, 0.2) is 0 Å². The molecule has 0 radical (unpaired) electrons. The molecule has 0 aromatic heterocycles. The molecule has 0 N–H and O–H groups in total. The highest BCUT2D eigenvalue weighted by molar-refractivity contribution is 7.99. The second-order valence-electron chi connectivity index (χ2n) is 4.73. The molecule has 2 saturated carbocycles. The molecule has 80 valence electrons. The molecule has 0 aromatic carbocycles. The van der Waals surface area contributed by atoms with E-state index >= 15 is 0 Å². The van der Waals surface area contributed by atoms with Crippen LogP contribution in [0.15, 0.2) is 0 Å². The summed E-state index contributed by atoms with van der Waals surface area (Å²) in [4.78, 5) is 12.0. The maximum atomic E-state index is 12.0. The van der Waals surface area contributed by atoms with Gasteiger partial charge in [-0.2, -0.15) is 11.8 Å². The molecule has 2 atom stereocenters. The molecule has 0 saturated heterocycles. The molecule has 2 rings (SSSR count). The molecule has 1 spiro atoms. The maximum absolute atomic E-state index is 12.0. The number of Topliss-reactive ketones (excluding diaryl/α,β-unsaturated/α-hetero) is 1. The average Bonchev–Trinajstić information content (AvgIpc) is 2.57. The van der Waals surface area contributed by atoms with Gasteiger partial charge in [0.05, 0.1) is 0 Å². The Morgan fingerprint density at radius 3 is 3.00 bits per heavy atom. The number of thioether (sulfide) groups is 1. The van der Waals surface area contributed by atoms with Crippen LogP contribution in [0.4, 0.5) is 0 Å². The SMILES string of the molecule is CCS[C@H]1CC[C@@]2(CCCCC2=O)C1. The maximum Gasteiger partial charge on any atom is 0.139 e. The van der Waals surface area contributed by atoms with Crippen LogP contribution < -0.4 is 0 Å². The van der Waals surface area contributed by atoms with Crippen LogP contribution in [0.2, 0.25) is 0 Å². The first-order valence-electron chi connectivity index (χ1n) is 5.92. The predicted octanol–water partition coefficient (Wildman–Crippen LogP) is 3.42. The van der Waals surface area contributed by atoms with Crippen LogP contribution in [-0.4, -0.2) is 16.8 Å². The van der Waals surface area contributed by atoms with E-state index in [0.717, 1.165) is 18.1 Å². The molecule has 0 amide bonds. The van der Waals surface area contributed by atoms with Crippen molar-refractivity contribution in [2.24, 2.45) is 5.41 Å². The Morgan fingerprint density at radius 1 is 1.43 bits per heavy atom. The van der Waals surface area contributed by atoms with Gasteiger partial charge >= 0.3 is 0 Å². The number of hydrogen-bond donors (Lipinski definition) is 0. The summed E-state index contributed by atoms with van der Waals surface area (Å²) >= 11 is 2.06. The first-order chi connectivity index (χ1) is 6.77. The molecule has 2 heteroatoms. The smallest absolute Gasteiger partial charge is 0.139 e. The Morgan fingerprint density at radius 2 is 2.29 bits per heavy atom.